The number of rotatable bonds is 7. The van der Waals surface area contributed by atoms with Gasteiger partial charge in [0.15, 0.2) is 0 Å². The maximum absolute atomic E-state index is 11.0. The predicted molar refractivity (Wildman–Crippen MR) is 95.9 cm³/mol. The Kier molecular flexibility index (Phi) is 5.93. The topological polar surface area (TPSA) is 72.2 Å². The van der Waals surface area contributed by atoms with Crippen molar-refractivity contribution in [2.75, 3.05) is 19.3 Å². The first-order valence-corrected chi connectivity index (χ1v) is 9.62. The first-order chi connectivity index (χ1) is 10.9. The van der Waals surface area contributed by atoms with E-state index < -0.39 is 10.0 Å². The van der Waals surface area contributed by atoms with Gasteiger partial charge in [-0.1, -0.05) is 55.5 Å². The van der Waals surface area contributed by atoms with Crippen LogP contribution in [-0.2, 0) is 16.4 Å². The number of sulfonamides is 1. The number of hydrogen-bond donors (Lipinski definition) is 2. The lowest BCUT2D eigenvalue weighted by atomic mass is 9.97. The quantitative estimate of drug-likeness (QED) is 0.818. The van der Waals surface area contributed by atoms with Gasteiger partial charge in [0.2, 0.25) is 10.0 Å². The second-order valence-electron chi connectivity index (χ2n) is 5.87. The van der Waals surface area contributed by atoms with E-state index in [4.69, 9.17) is 5.73 Å². The molecule has 3 N–H and O–H groups in total. The Morgan fingerprint density at radius 3 is 2.00 bits per heavy atom. The average molecular weight is 332 g/mol. The fourth-order valence-corrected chi connectivity index (χ4v) is 2.86. The molecule has 1 unspecified atom stereocenters. The van der Waals surface area contributed by atoms with E-state index >= 15 is 0 Å². The molecule has 0 aliphatic heterocycles. The lowest BCUT2D eigenvalue weighted by molar-refractivity contribution is 0.588. The Labute approximate surface area is 138 Å². The third-order valence-electron chi connectivity index (χ3n) is 3.90. The van der Waals surface area contributed by atoms with Crippen LogP contribution in [0, 0.1) is 0 Å². The second kappa shape index (κ2) is 7.73. The number of nitrogens with one attached hydrogen (secondary N) is 1. The molecule has 4 nitrogen and oxygen atoms in total. The van der Waals surface area contributed by atoms with Crippen LogP contribution < -0.4 is 10.5 Å². The summed E-state index contributed by atoms with van der Waals surface area (Å²) < 4.78 is 24.6. The van der Waals surface area contributed by atoms with Crippen LogP contribution >= 0.6 is 0 Å². The molecule has 2 rings (SSSR count). The van der Waals surface area contributed by atoms with Gasteiger partial charge in [0.05, 0.1) is 6.26 Å². The molecule has 2 aromatic carbocycles. The summed E-state index contributed by atoms with van der Waals surface area (Å²) in [6, 6.07) is 16.7. The normalized spacial score (nSPS) is 13.0. The summed E-state index contributed by atoms with van der Waals surface area (Å²) in [5.74, 6) is 0.369. The van der Waals surface area contributed by atoms with Crippen LogP contribution in [0.25, 0.3) is 11.1 Å². The van der Waals surface area contributed by atoms with Crippen LogP contribution in [0.3, 0.4) is 0 Å². The Bertz CT molecular complexity index is 723. The molecule has 5 heteroatoms. The zero-order chi connectivity index (χ0) is 16.9. The van der Waals surface area contributed by atoms with Gasteiger partial charge in [-0.3, -0.25) is 0 Å². The molecule has 124 valence electrons. The van der Waals surface area contributed by atoms with Gasteiger partial charge in [0, 0.05) is 6.54 Å². The van der Waals surface area contributed by atoms with Gasteiger partial charge in [0.25, 0.3) is 0 Å². The van der Waals surface area contributed by atoms with E-state index in [1.165, 1.54) is 17.4 Å². The van der Waals surface area contributed by atoms with Crippen LogP contribution in [0.2, 0.25) is 0 Å². The van der Waals surface area contributed by atoms with Crippen molar-refractivity contribution >= 4 is 10.0 Å². The Morgan fingerprint density at radius 2 is 1.52 bits per heavy atom. The largest absolute Gasteiger partial charge is 0.330 e. The summed E-state index contributed by atoms with van der Waals surface area (Å²) in [5.41, 5.74) is 10.4. The van der Waals surface area contributed by atoms with Crippen molar-refractivity contribution in [3.8, 4) is 11.1 Å². The molecule has 0 saturated carbocycles. The molecular weight excluding hydrogens is 308 g/mol. The van der Waals surface area contributed by atoms with Crippen molar-refractivity contribution in [3.63, 3.8) is 0 Å². The maximum atomic E-state index is 11.0. The van der Waals surface area contributed by atoms with Crippen molar-refractivity contribution in [1.29, 1.82) is 0 Å². The maximum Gasteiger partial charge on any atom is 0.208 e. The van der Waals surface area contributed by atoms with Gasteiger partial charge in [-0.15, -0.1) is 0 Å². The second-order valence-corrected chi connectivity index (χ2v) is 7.71. The molecule has 0 spiro atoms. The van der Waals surface area contributed by atoms with Crippen molar-refractivity contribution in [2.24, 2.45) is 5.73 Å². The van der Waals surface area contributed by atoms with Gasteiger partial charge >= 0.3 is 0 Å². The van der Waals surface area contributed by atoms with Crippen LogP contribution in [0.15, 0.2) is 48.5 Å². The van der Waals surface area contributed by atoms with Crippen LogP contribution in [0.1, 0.15) is 24.0 Å². The Morgan fingerprint density at radius 1 is 1.00 bits per heavy atom. The summed E-state index contributed by atoms with van der Waals surface area (Å²) in [6.45, 7) is 3.19. The average Bonchev–Trinajstić information content (AvgIpc) is 2.54. The Balaban J connectivity index is 2.01. The highest BCUT2D eigenvalue weighted by Gasteiger charge is 2.04. The molecule has 0 bridgehead atoms. The third kappa shape index (κ3) is 5.46. The number of hydrogen-bond acceptors (Lipinski definition) is 3. The minimum Gasteiger partial charge on any atom is -0.330 e. The van der Waals surface area contributed by atoms with Crippen molar-refractivity contribution in [1.82, 2.24) is 4.72 Å². The van der Waals surface area contributed by atoms with Crippen molar-refractivity contribution < 1.29 is 8.42 Å². The van der Waals surface area contributed by atoms with Gasteiger partial charge < -0.3 is 5.73 Å². The highest BCUT2D eigenvalue weighted by Crippen LogP contribution is 2.23. The summed E-state index contributed by atoms with van der Waals surface area (Å²) in [7, 11) is -3.12. The molecule has 0 saturated heterocycles. The molecule has 2 aromatic rings. The smallest absolute Gasteiger partial charge is 0.208 e. The summed E-state index contributed by atoms with van der Waals surface area (Å²) in [4.78, 5) is 0. The van der Waals surface area contributed by atoms with Gasteiger partial charge in [-0.25, -0.2) is 13.1 Å². The van der Waals surface area contributed by atoms with Crippen LogP contribution in [-0.4, -0.2) is 27.8 Å². The number of benzene rings is 2. The first kappa shape index (κ1) is 17.7. The lowest BCUT2D eigenvalue weighted by Crippen LogP contribution is -2.24. The highest BCUT2D eigenvalue weighted by atomic mass is 32.2. The summed E-state index contributed by atoms with van der Waals surface area (Å²) >= 11 is 0. The first-order valence-electron chi connectivity index (χ1n) is 7.73. The van der Waals surface area contributed by atoms with E-state index in [1.54, 1.807) is 0 Å². The fraction of sp³-hybridized carbons (Fsp3) is 0.333. The minimum atomic E-state index is -3.12. The van der Waals surface area contributed by atoms with E-state index in [0.717, 1.165) is 11.1 Å². The van der Waals surface area contributed by atoms with Crippen molar-refractivity contribution in [3.05, 3.63) is 59.7 Å². The molecule has 0 aromatic heterocycles. The molecule has 0 amide bonds. The zero-order valence-electron chi connectivity index (χ0n) is 13.6. The molecule has 0 radical (unpaired) electrons. The molecule has 23 heavy (non-hydrogen) atoms. The third-order valence-corrected chi connectivity index (χ3v) is 4.63. The molecule has 0 fully saturated rings. The van der Waals surface area contributed by atoms with Crippen LogP contribution in [0.5, 0.6) is 0 Å². The molecule has 0 aliphatic carbocycles. The van der Waals surface area contributed by atoms with Gasteiger partial charge in [-0.2, -0.15) is 0 Å². The summed E-state index contributed by atoms with van der Waals surface area (Å²) in [5, 5.41) is 0. The number of nitrogens with two attached hydrogens (primary N) is 1. The van der Waals surface area contributed by atoms with E-state index in [-0.39, 0.29) is 0 Å². The monoisotopic (exact) mass is 332 g/mol. The van der Waals surface area contributed by atoms with E-state index in [0.29, 0.717) is 25.4 Å². The fourth-order valence-electron chi connectivity index (χ4n) is 2.38. The van der Waals surface area contributed by atoms with Crippen molar-refractivity contribution in [2.45, 2.75) is 19.3 Å². The molecule has 0 aliphatic rings. The van der Waals surface area contributed by atoms with E-state index in [1.807, 2.05) is 12.1 Å². The zero-order valence-corrected chi connectivity index (χ0v) is 14.4. The Hall–Kier alpha value is -1.69. The molecular formula is C18H24N2O2S. The van der Waals surface area contributed by atoms with Crippen LogP contribution in [0.4, 0.5) is 0 Å². The molecule has 0 heterocycles. The molecule has 1 atom stereocenters. The predicted octanol–water partition coefficient (Wildman–Crippen LogP) is 2.51. The highest BCUT2D eigenvalue weighted by molar-refractivity contribution is 7.88. The lowest BCUT2D eigenvalue weighted by Gasteiger charge is -2.10. The van der Waals surface area contributed by atoms with E-state index in [9.17, 15) is 8.42 Å². The van der Waals surface area contributed by atoms with Gasteiger partial charge in [0.1, 0.15) is 0 Å². The standard InChI is InChI=1S/C18H24N2O2S/c1-14(13-19)16-7-9-18(10-8-16)17-5-3-15(4-6-17)11-12-20-23(2,21)22/h3-10,14,20H,11-13,19H2,1-2H3. The minimum absolute atomic E-state index is 0.369. The van der Waals surface area contributed by atoms with E-state index in [2.05, 4.69) is 48.0 Å². The summed E-state index contributed by atoms with van der Waals surface area (Å²) in [6.07, 6.45) is 1.85. The van der Waals surface area contributed by atoms with Gasteiger partial charge in [-0.05, 0) is 41.1 Å². The SMILES string of the molecule is CC(CN)c1ccc(-c2ccc(CCNS(C)(=O)=O)cc2)cc1.